The molecule has 6 nitrogen and oxygen atoms in total. The van der Waals surface area contributed by atoms with Gasteiger partial charge in [0.2, 0.25) is 5.91 Å². The van der Waals surface area contributed by atoms with Gasteiger partial charge in [-0.3, -0.25) is 14.5 Å². The Morgan fingerprint density at radius 1 is 1.16 bits per heavy atom. The zero-order valence-electron chi connectivity index (χ0n) is 17.3. The van der Waals surface area contributed by atoms with Crippen molar-refractivity contribution in [2.24, 2.45) is 0 Å². The van der Waals surface area contributed by atoms with Gasteiger partial charge in [0.05, 0.1) is 17.1 Å². The lowest BCUT2D eigenvalue weighted by atomic mass is 10.2. The van der Waals surface area contributed by atoms with Crippen LogP contribution in [0.3, 0.4) is 0 Å². The number of esters is 1. The van der Waals surface area contributed by atoms with Gasteiger partial charge in [-0.2, -0.15) is 0 Å². The monoisotopic (exact) mass is 488 g/mol. The number of hydrogen-bond acceptors (Lipinski definition) is 6. The van der Waals surface area contributed by atoms with Gasteiger partial charge in [-0.25, -0.2) is 4.79 Å². The summed E-state index contributed by atoms with van der Waals surface area (Å²) in [5.74, 6) is -0.750. The van der Waals surface area contributed by atoms with E-state index in [2.05, 4.69) is 5.32 Å². The zero-order chi connectivity index (χ0) is 23.1. The summed E-state index contributed by atoms with van der Waals surface area (Å²) in [5.41, 5.74) is 1.87. The van der Waals surface area contributed by atoms with Crippen LogP contribution in [0.2, 0.25) is 5.02 Å². The number of benzene rings is 2. The molecule has 1 heterocycles. The number of carbonyl (C=O) groups is 3. The third-order valence-electron chi connectivity index (χ3n) is 4.51. The van der Waals surface area contributed by atoms with Crippen molar-refractivity contribution in [2.75, 3.05) is 18.5 Å². The molecule has 166 valence electrons. The highest BCUT2D eigenvalue weighted by Gasteiger charge is 2.31. The summed E-state index contributed by atoms with van der Waals surface area (Å²) >= 11 is 12.5. The standard InChI is InChI=1S/C23H21ClN2O4S2/c1-2-30-22(29)16-7-11-18(12-8-16)25-20(27)4-3-13-26-21(28)19(32-23(26)31)14-15-5-9-17(24)10-6-15/h5-12,14H,2-4,13H2,1H3,(H,25,27)/b19-14-. The van der Waals surface area contributed by atoms with Gasteiger partial charge in [-0.1, -0.05) is 47.7 Å². The number of thioether (sulfide) groups is 1. The second kappa shape index (κ2) is 11.3. The first-order valence-corrected chi connectivity index (χ1v) is 11.6. The van der Waals surface area contributed by atoms with Gasteiger partial charge in [0.15, 0.2) is 0 Å². The lowest BCUT2D eigenvalue weighted by Crippen LogP contribution is -2.29. The van der Waals surface area contributed by atoms with Gasteiger partial charge in [0, 0.05) is 23.7 Å². The zero-order valence-corrected chi connectivity index (χ0v) is 19.7. The Morgan fingerprint density at radius 3 is 2.50 bits per heavy atom. The highest BCUT2D eigenvalue weighted by molar-refractivity contribution is 8.26. The number of hydrogen-bond donors (Lipinski definition) is 1. The third kappa shape index (κ3) is 6.41. The van der Waals surface area contributed by atoms with Crippen LogP contribution in [0, 0.1) is 0 Å². The maximum Gasteiger partial charge on any atom is 0.338 e. The molecule has 0 radical (unpaired) electrons. The summed E-state index contributed by atoms with van der Waals surface area (Å²) in [4.78, 5) is 38.6. The molecular formula is C23H21ClN2O4S2. The molecule has 1 fully saturated rings. The normalized spacial score (nSPS) is 14.7. The molecule has 3 rings (SSSR count). The maximum absolute atomic E-state index is 12.7. The molecule has 0 saturated carbocycles. The fourth-order valence-corrected chi connectivity index (χ4v) is 4.36. The van der Waals surface area contributed by atoms with E-state index in [4.69, 9.17) is 28.6 Å². The van der Waals surface area contributed by atoms with Crippen molar-refractivity contribution in [3.8, 4) is 0 Å². The molecule has 9 heteroatoms. The highest BCUT2D eigenvalue weighted by Crippen LogP contribution is 2.32. The van der Waals surface area contributed by atoms with E-state index >= 15 is 0 Å². The number of thiocarbonyl (C=S) groups is 1. The first-order chi connectivity index (χ1) is 15.4. The first-order valence-electron chi connectivity index (χ1n) is 9.95. The average molecular weight is 489 g/mol. The van der Waals surface area contributed by atoms with Crippen LogP contribution in [0.5, 0.6) is 0 Å². The van der Waals surface area contributed by atoms with E-state index in [1.54, 1.807) is 49.4 Å². The Hall–Kier alpha value is -2.68. The van der Waals surface area contributed by atoms with E-state index in [0.29, 0.717) is 45.1 Å². The predicted octanol–water partition coefficient (Wildman–Crippen LogP) is 5.14. The van der Waals surface area contributed by atoms with Gasteiger partial charge < -0.3 is 10.1 Å². The van der Waals surface area contributed by atoms with Crippen LogP contribution in [0.1, 0.15) is 35.7 Å². The molecule has 0 spiro atoms. The molecule has 0 bridgehead atoms. The van der Waals surface area contributed by atoms with Crippen molar-refractivity contribution in [1.29, 1.82) is 0 Å². The molecule has 0 unspecified atom stereocenters. The number of nitrogens with one attached hydrogen (secondary N) is 1. The van der Waals surface area contributed by atoms with Crippen molar-refractivity contribution in [1.82, 2.24) is 4.90 Å². The number of rotatable bonds is 8. The van der Waals surface area contributed by atoms with Crippen LogP contribution in [-0.4, -0.2) is 40.2 Å². The molecule has 0 aromatic heterocycles. The lowest BCUT2D eigenvalue weighted by Gasteiger charge is -2.14. The number of carbonyl (C=O) groups excluding carboxylic acids is 3. The minimum absolute atomic E-state index is 0.162. The van der Waals surface area contributed by atoms with Gasteiger partial charge in [0.25, 0.3) is 5.91 Å². The molecular weight excluding hydrogens is 468 g/mol. The summed E-state index contributed by atoms with van der Waals surface area (Å²) in [5, 5.41) is 3.41. The van der Waals surface area contributed by atoms with E-state index in [0.717, 1.165) is 5.56 Å². The Labute approximate surface area is 201 Å². The van der Waals surface area contributed by atoms with Crippen molar-refractivity contribution in [2.45, 2.75) is 19.8 Å². The Kier molecular flexibility index (Phi) is 8.44. The fraction of sp³-hybridized carbons (Fsp3) is 0.217. The van der Waals surface area contributed by atoms with Crippen LogP contribution in [0.25, 0.3) is 6.08 Å². The number of amides is 2. The maximum atomic E-state index is 12.7. The summed E-state index contributed by atoms with van der Waals surface area (Å²) in [6.45, 7) is 2.40. The van der Waals surface area contributed by atoms with E-state index in [9.17, 15) is 14.4 Å². The summed E-state index contributed by atoms with van der Waals surface area (Å²) in [7, 11) is 0. The summed E-state index contributed by atoms with van der Waals surface area (Å²) in [6.07, 6.45) is 2.47. The smallest absolute Gasteiger partial charge is 0.338 e. The van der Waals surface area contributed by atoms with Crippen molar-refractivity contribution < 1.29 is 19.1 Å². The quantitative estimate of drug-likeness (QED) is 0.315. The third-order valence-corrected chi connectivity index (χ3v) is 6.14. The second-order valence-corrected chi connectivity index (χ2v) is 8.95. The van der Waals surface area contributed by atoms with E-state index in [1.807, 2.05) is 12.1 Å². The topological polar surface area (TPSA) is 75.7 Å². The molecule has 1 saturated heterocycles. The number of ether oxygens (including phenoxy) is 1. The molecule has 2 amide bonds. The van der Waals surface area contributed by atoms with Crippen molar-refractivity contribution >= 4 is 69.4 Å². The predicted molar refractivity (Wildman–Crippen MR) is 132 cm³/mol. The van der Waals surface area contributed by atoms with Crippen molar-refractivity contribution in [3.05, 3.63) is 69.6 Å². The molecule has 32 heavy (non-hydrogen) atoms. The molecule has 1 N–H and O–H groups in total. The van der Waals surface area contributed by atoms with Crippen LogP contribution < -0.4 is 5.32 Å². The second-order valence-electron chi connectivity index (χ2n) is 6.83. The van der Waals surface area contributed by atoms with Crippen LogP contribution >= 0.6 is 35.6 Å². The molecule has 0 aliphatic carbocycles. The van der Waals surface area contributed by atoms with Crippen LogP contribution in [0.4, 0.5) is 5.69 Å². The van der Waals surface area contributed by atoms with Crippen molar-refractivity contribution in [3.63, 3.8) is 0 Å². The highest BCUT2D eigenvalue weighted by atomic mass is 35.5. The molecule has 1 aliphatic rings. The minimum Gasteiger partial charge on any atom is -0.462 e. The number of nitrogens with zero attached hydrogens (tertiary/aromatic N) is 1. The van der Waals surface area contributed by atoms with Crippen LogP contribution in [-0.2, 0) is 14.3 Å². The van der Waals surface area contributed by atoms with Gasteiger partial charge in [-0.05, 0) is 61.4 Å². The molecule has 0 atom stereocenters. The van der Waals surface area contributed by atoms with E-state index < -0.39 is 5.97 Å². The van der Waals surface area contributed by atoms with Gasteiger partial charge in [0.1, 0.15) is 4.32 Å². The fourth-order valence-electron chi connectivity index (χ4n) is 2.93. The summed E-state index contributed by atoms with van der Waals surface area (Å²) in [6, 6.07) is 13.7. The first kappa shape index (κ1) is 24.0. The minimum atomic E-state index is -0.404. The Morgan fingerprint density at radius 2 is 1.84 bits per heavy atom. The molecule has 2 aromatic rings. The SMILES string of the molecule is CCOC(=O)c1ccc(NC(=O)CCCN2C(=O)/C(=C/c3ccc(Cl)cc3)SC2=S)cc1. The van der Waals surface area contributed by atoms with Gasteiger partial charge >= 0.3 is 5.97 Å². The Bertz CT molecular complexity index is 1050. The van der Waals surface area contributed by atoms with E-state index in [-0.39, 0.29) is 18.2 Å². The van der Waals surface area contributed by atoms with Crippen LogP contribution in [0.15, 0.2) is 53.4 Å². The van der Waals surface area contributed by atoms with Gasteiger partial charge in [-0.15, -0.1) is 0 Å². The largest absolute Gasteiger partial charge is 0.462 e. The molecule has 1 aliphatic heterocycles. The number of anilines is 1. The lowest BCUT2D eigenvalue weighted by molar-refractivity contribution is -0.122. The summed E-state index contributed by atoms with van der Waals surface area (Å²) < 4.78 is 5.41. The van der Waals surface area contributed by atoms with E-state index in [1.165, 1.54) is 16.7 Å². The average Bonchev–Trinajstić information content (AvgIpc) is 3.03. The number of halogens is 1. The molecule has 2 aromatic carbocycles. The Balaban J connectivity index is 1.48.